The molecular formula is C24H30N2O3. The summed E-state index contributed by atoms with van der Waals surface area (Å²) >= 11 is 0. The standard InChI is InChI=1S/C24H30N2O3/c1-19-6-8-21(9-7-19)23(27)10-11-24(28)26-16-14-25(15-17-26)13-12-20-4-3-5-22(18-20)29-2/h3-9,18H,10-17H2,1-2H3. The number of piperazine rings is 1. The molecule has 0 bridgehead atoms. The molecule has 0 saturated carbocycles. The normalized spacial score (nSPS) is 14.6. The van der Waals surface area contributed by atoms with Crippen molar-refractivity contribution in [3.05, 3.63) is 65.2 Å². The molecule has 1 fully saturated rings. The van der Waals surface area contributed by atoms with E-state index in [0.717, 1.165) is 50.5 Å². The lowest BCUT2D eigenvalue weighted by Crippen LogP contribution is -2.49. The zero-order valence-electron chi connectivity index (χ0n) is 17.4. The van der Waals surface area contributed by atoms with Crippen molar-refractivity contribution < 1.29 is 14.3 Å². The third-order valence-corrected chi connectivity index (χ3v) is 5.52. The summed E-state index contributed by atoms with van der Waals surface area (Å²) in [5, 5.41) is 0. The Morgan fingerprint density at radius 2 is 1.69 bits per heavy atom. The molecule has 0 radical (unpaired) electrons. The molecule has 1 aliphatic heterocycles. The number of carbonyl (C=O) groups is 2. The van der Waals surface area contributed by atoms with Crippen LogP contribution < -0.4 is 4.74 Å². The summed E-state index contributed by atoms with van der Waals surface area (Å²) in [6.07, 6.45) is 1.53. The molecule has 0 aromatic heterocycles. The molecule has 154 valence electrons. The molecule has 0 aliphatic carbocycles. The van der Waals surface area contributed by atoms with Crippen molar-refractivity contribution in [3.63, 3.8) is 0 Å². The maximum absolute atomic E-state index is 12.5. The first-order valence-electron chi connectivity index (χ1n) is 10.3. The Morgan fingerprint density at radius 1 is 0.966 bits per heavy atom. The molecule has 1 aliphatic rings. The van der Waals surface area contributed by atoms with Gasteiger partial charge in [0, 0.05) is 51.1 Å². The van der Waals surface area contributed by atoms with Gasteiger partial charge in [-0.2, -0.15) is 0 Å². The number of ether oxygens (including phenoxy) is 1. The van der Waals surface area contributed by atoms with E-state index in [0.29, 0.717) is 5.56 Å². The monoisotopic (exact) mass is 394 g/mol. The highest BCUT2D eigenvalue weighted by molar-refractivity contribution is 5.98. The van der Waals surface area contributed by atoms with Crippen molar-refractivity contribution in [2.45, 2.75) is 26.2 Å². The van der Waals surface area contributed by atoms with Crippen molar-refractivity contribution in [2.24, 2.45) is 0 Å². The molecule has 0 spiro atoms. The number of Topliss-reactive ketones (excluding diaryl/α,β-unsaturated/α-hetero) is 1. The second-order valence-corrected chi connectivity index (χ2v) is 7.61. The van der Waals surface area contributed by atoms with Crippen LogP contribution in [0.25, 0.3) is 0 Å². The van der Waals surface area contributed by atoms with E-state index in [-0.39, 0.29) is 24.5 Å². The number of hydrogen-bond donors (Lipinski definition) is 0. The summed E-state index contributed by atoms with van der Waals surface area (Å²) in [6.45, 7) is 6.18. The van der Waals surface area contributed by atoms with Gasteiger partial charge in [0.2, 0.25) is 5.91 Å². The number of amides is 1. The minimum Gasteiger partial charge on any atom is -0.497 e. The fourth-order valence-corrected chi connectivity index (χ4v) is 3.60. The van der Waals surface area contributed by atoms with Gasteiger partial charge in [0.05, 0.1) is 7.11 Å². The fourth-order valence-electron chi connectivity index (χ4n) is 3.60. The topological polar surface area (TPSA) is 49.9 Å². The van der Waals surface area contributed by atoms with Gasteiger partial charge in [0.1, 0.15) is 5.75 Å². The lowest BCUT2D eigenvalue weighted by atomic mass is 10.0. The predicted molar refractivity (Wildman–Crippen MR) is 114 cm³/mol. The SMILES string of the molecule is COc1cccc(CCN2CCN(C(=O)CCC(=O)c3ccc(C)cc3)CC2)c1. The molecule has 0 unspecified atom stereocenters. The lowest BCUT2D eigenvalue weighted by molar-refractivity contribution is -0.132. The van der Waals surface area contributed by atoms with Crippen LogP contribution >= 0.6 is 0 Å². The minimum absolute atomic E-state index is 0.0373. The molecule has 0 atom stereocenters. The molecule has 1 amide bonds. The Morgan fingerprint density at radius 3 is 2.38 bits per heavy atom. The van der Waals surface area contributed by atoms with Crippen molar-refractivity contribution >= 4 is 11.7 Å². The number of methoxy groups -OCH3 is 1. The maximum Gasteiger partial charge on any atom is 0.223 e. The summed E-state index contributed by atoms with van der Waals surface area (Å²) in [6, 6.07) is 15.7. The highest BCUT2D eigenvalue weighted by atomic mass is 16.5. The maximum atomic E-state index is 12.5. The van der Waals surface area contributed by atoms with Gasteiger partial charge in [0.25, 0.3) is 0 Å². The Hall–Kier alpha value is -2.66. The van der Waals surface area contributed by atoms with Crippen molar-refractivity contribution in [3.8, 4) is 5.75 Å². The van der Waals surface area contributed by atoms with E-state index >= 15 is 0 Å². The van der Waals surface area contributed by atoms with Crippen LogP contribution in [0.2, 0.25) is 0 Å². The first kappa shape index (κ1) is 21.1. The second kappa shape index (κ2) is 10.2. The Kier molecular flexibility index (Phi) is 7.42. The Bertz CT molecular complexity index is 824. The van der Waals surface area contributed by atoms with E-state index in [9.17, 15) is 9.59 Å². The molecule has 2 aromatic rings. The molecule has 3 rings (SSSR count). The summed E-state index contributed by atoms with van der Waals surface area (Å²) < 4.78 is 5.28. The number of nitrogens with zero attached hydrogens (tertiary/aromatic N) is 2. The summed E-state index contributed by atoms with van der Waals surface area (Å²) in [5.74, 6) is 1.01. The second-order valence-electron chi connectivity index (χ2n) is 7.61. The van der Waals surface area contributed by atoms with Crippen molar-refractivity contribution in [1.82, 2.24) is 9.80 Å². The number of ketones is 1. The zero-order chi connectivity index (χ0) is 20.6. The van der Waals surface area contributed by atoms with E-state index in [1.807, 2.05) is 48.2 Å². The molecule has 0 N–H and O–H groups in total. The highest BCUT2D eigenvalue weighted by Gasteiger charge is 2.21. The minimum atomic E-state index is 0.0373. The summed E-state index contributed by atoms with van der Waals surface area (Å²) in [7, 11) is 1.68. The summed E-state index contributed by atoms with van der Waals surface area (Å²) in [4.78, 5) is 29.0. The van der Waals surface area contributed by atoms with Gasteiger partial charge in [0.15, 0.2) is 5.78 Å². The lowest BCUT2D eigenvalue weighted by Gasteiger charge is -2.34. The largest absolute Gasteiger partial charge is 0.497 e. The predicted octanol–water partition coefficient (Wildman–Crippen LogP) is 3.35. The molecule has 5 nitrogen and oxygen atoms in total. The van der Waals surface area contributed by atoms with E-state index in [4.69, 9.17) is 4.74 Å². The quantitative estimate of drug-likeness (QED) is 0.645. The average molecular weight is 395 g/mol. The molecule has 5 heteroatoms. The molecule has 29 heavy (non-hydrogen) atoms. The molecule has 2 aromatic carbocycles. The van der Waals surface area contributed by atoms with Crippen LogP contribution in [0.1, 0.15) is 34.3 Å². The third-order valence-electron chi connectivity index (χ3n) is 5.52. The van der Waals surface area contributed by atoms with E-state index in [2.05, 4.69) is 17.0 Å². The number of rotatable bonds is 8. The number of benzene rings is 2. The van der Waals surface area contributed by atoms with Crippen molar-refractivity contribution in [2.75, 3.05) is 39.8 Å². The molecular weight excluding hydrogens is 364 g/mol. The zero-order valence-corrected chi connectivity index (χ0v) is 17.4. The van der Waals surface area contributed by atoms with Crippen LogP contribution in [0, 0.1) is 6.92 Å². The van der Waals surface area contributed by atoms with E-state index < -0.39 is 0 Å². The first-order chi connectivity index (χ1) is 14.0. The molecule has 1 heterocycles. The Labute approximate surface area is 173 Å². The van der Waals surface area contributed by atoms with Gasteiger partial charge in [-0.05, 0) is 31.0 Å². The number of aryl methyl sites for hydroxylation is 1. The summed E-state index contributed by atoms with van der Waals surface area (Å²) in [5.41, 5.74) is 3.07. The van der Waals surface area contributed by atoms with E-state index in [1.54, 1.807) is 7.11 Å². The third kappa shape index (κ3) is 6.16. The smallest absolute Gasteiger partial charge is 0.223 e. The van der Waals surface area contributed by atoms with Gasteiger partial charge in [-0.25, -0.2) is 0 Å². The first-order valence-corrected chi connectivity index (χ1v) is 10.3. The van der Waals surface area contributed by atoms with Crippen LogP contribution in [0.15, 0.2) is 48.5 Å². The van der Waals surface area contributed by atoms with Gasteiger partial charge < -0.3 is 9.64 Å². The van der Waals surface area contributed by atoms with Crippen LogP contribution in [-0.4, -0.2) is 61.3 Å². The van der Waals surface area contributed by atoms with Crippen molar-refractivity contribution in [1.29, 1.82) is 0 Å². The van der Waals surface area contributed by atoms with Gasteiger partial charge in [-0.3, -0.25) is 14.5 Å². The van der Waals surface area contributed by atoms with Crippen LogP contribution in [0.4, 0.5) is 0 Å². The highest BCUT2D eigenvalue weighted by Crippen LogP contribution is 2.14. The molecule has 1 saturated heterocycles. The van der Waals surface area contributed by atoms with Crippen LogP contribution in [-0.2, 0) is 11.2 Å². The fraction of sp³-hybridized carbons (Fsp3) is 0.417. The van der Waals surface area contributed by atoms with E-state index in [1.165, 1.54) is 5.56 Å². The van der Waals surface area contributed by atoms with Gasteiger partial charge in [-0.1, -0.05) is 42.0 Å². The number of hydrogen-bond acceptors (Lipinski definition) is 4. The average Bonchev–Trinajstić information content (AvgIpc) is 2.76. The van der Waals surface area contributed by atoms with Gasteiger partial charge in [-0.15, -0.1) is 0 Å². The van der Waals surface area contributed by atoms with Crippen LogP contribution in [0.3, 0.4) is 0 Å². The number of carbonyl (C=O) groups excluding carboxylic acids is 2. The van der Waals surface area contributed by atoms with Gasteiger partial charge >= 0.3 is 0 Å². The van der Waals surface area contributed by atoms with Crippen LogP contribution in [0.5, 0.6) is 5.75 Å². The Balaban J connectivity index is 1.38.